The van der Waals surface area contributed by atoms with Crippen LogP contribution in [0.25, 0.3) is 0 Å². The number of carbonyl (C=O) groups excluding carboxylic acids is 2. The van der Waals surface area contributed by atoms with Crippen LogP contribution in [0.2, 0.25) is 0 Å². The second-order valence-electron chi connectivity index (χ2n) is 6.16. The minimum Gasteiger partial charge on any atom is -0.399 e. The second kappa shape index (κ2) is 7.25. The molecule has 1 aliphatic rings. The number of nitrogen functional groups attached to an aromatic ring is 1. The summed E-state index contributed by atoms with van der Waals surface area (Å²) in [6, 6.07) is 15.9. The van der Waals surface area contributed by atoms with Crippen LogP contribution in [-0.2, 0) is 9.59 Å². The molecular weight excluding hydrogens is 328 g/mol. The molecule has 132 valence electrons. The Morgan fingerprint density at radius 1 is 0.923 bits per heavy atom. The normalized spacial score (nSPS) is 18.7. The van der Waals surface area contributed by atoms with E-state index in [4.69, 9.17) is 11.5 Å². The van der Waals surface area contributed by atoms with E-state index in [1.165, 1.54) is 0 Å². The van der Waals surface area contributed by atoms with Crippen LogP contribution in [0.15, 0.2) is 78.4 Å². The van der Waals surface area contributed by atoms with Crippen molar-refractivity contribution < 1.29 is 9.59 Å². The second-order valence-corrected chi connectivity index (χ2v) is 6.16. The van der Waals surface area contributed by atoms with Crippen molar-refractivity contribution in [3.05, 3.63) is 78.4 Å². The largest absolute Gasteiger partial charge is 0.399 e. The van der Waals surface area contributed by atoms with Crippen molar-refractivity contribution in [1.82, 2.24) is 0 Å². The molecule has 0 fully saturated rings. The lowest BCUT2D eigenvalue weighted by Gasteiger charge is -2.28. The maximum atomic E-state index is 12.6. The van der Waals surface area contributed by atoms with E-state index in [-0.39, 0.29) is 18.2 Å². The Bertz CT molecular complexity index is 872. The van der Waals surface area contributed by atoms with E-state index >= 15 is 0 Å². The van der Waals surface area contributed by atoms with Gasteiger partial charge in [-0.3, -0.25) is 9.59 Å². The number of rotatable bonds is 4. The number of nitrogens with two attached hydrogens (primary N) is 2. The highest BCUT2D eigenvalue weighted by atomic mass is 16.2. The first-order chi connectivity index (χ1) is 12.5. The van der Waals surface area contributed by atoms with Crippen LogP contribution < -0.4 is 22.1 Å². The van der Waals surface area contributed by atoms with E-state index in [1.807, 2.05) is 18.2 Å². The Kier molecular flexibility index (Phi) is 4.86. The monoisotopic (exact) mass is 348 g/mol. The van der Waals surface area contributed by atoms with E-state index < -0.39 is 5.54 Å². The summed E-state index contributed by atoms with van der Waals surface area (Å²) in [5.41, 5.74) is 12.9. The van der Waals surface area contributed by atoms with Gasteiger partial charge in [-0.1, -0.05) is 36.4 Å². The Morgan fingerprint density at radius 2 is 1.58 bits per heavy atom. The Morgan fingerprint density at radius 3 is 2.27 bits per heavy atom. The SMILES string of the molecule is Nc1ccc(NC(=O)C2=CC=CC(N)(C(=O)Nc3ccccc3)C2)cc1. The minimum absolute atomic E-state index is 0.100. The molecule has 2 aromatic rings. The number of anilines is 3. The third kappa shape index (κ3) is 3.99. The molecule has 0 aliphatic heterocycles. The molecular formula is C20H20N4O2. The van der Waals surface area contributed by atoms with Crippen molar-refractivity contribution in [2.24, 2.45) is 5.73 Å². The highest BCUT2D eigenvalue weighted by molar-refractivity contribution is 6.07. The average molecular weight is 348 g/mol. The van der Waals surface area contributed by atoms with Crippen LogP contribution >= 0.6 is 0 Å². The van der Waals surface area contributed by atoms with Crippen LogP contribution in [0.3, 0.4) is 0 Å². The zero-order valence-electron chi connectivity index (χ0n) is 14.1. The topological polar surface area (TPSA) is 110 Å². The van der Waals surface area contributed by atoms with Crippen LogP contribution in [0, 0.1) is 0 Å². The summed E-state index contributed by atoms with van der Waals surface area (Å²) in [6.45, 7) is 0. The molecule has 1 unspecified atom stereocenters. The van der Waals surface area contributed by atoms with Gasteiger partial charge in [0, 0.05) is 29.1 Å². The summed E-state index contributed by atoms with van der Waals surface area (Å²) in [6.07, 6.45) is 4.99. The summed E-state index contributed by atoms with van der Waals surface area (Å²) in [5, 5.41) is 5.56. The van der Waals surface area contributed by atoms with Crippen LogP contribution in [-0.4, -0.2) is 17.4 Å². The van der Waals surface area contributed by atoms with Gasteiger partial charge in [0.2, 0.25) is 5.91 Å². The maximum Gasteiger partial charge on any atom is 0.251 e. The number of hydrogen-bond donors (Lipinski definition) is 4. The van der Waals surface area contributed by atoms with Crippen molar-refractivity contribution in [2.75, 3.05) is 16.4 Å². The standard InChI is InChI=1S/C20H20N4O2/c21-15-8-10-17(11-9-15)23-18(25)14-5-4-12-20(22,13-14)19(26)24-16-6-2-1-3-7-16/h1-12H,13,21-22H2,(H,23,25)(H,24,26). The molecule has 0 heterocycles. The third-order valence-electron chi connectivity index (χ3n) is 4.09. The zero-order chi connectivity index (χ0) is 18.6. The van der Waals surface area contributed by atoms with Crippen molar-refractivity contribution >= 4 is 28.9 Å². The smallest absolute Gasteiger partial charge is 0.251 e. The van der Waals surface area contributed by atoms with E-state index in [1.54, 1.807) is 54.6 Å². The summed E-state index contributed by atoms with van der Waals surface area (Å²) in [5.74, 6) is -0.674. The highest BCUT2D eigenvalue weighted by Crippen LogP contribution is 2.24. The number of nitrogens with one attached hydrogen (secondary N) is 2. The van der Waals surface area contributed by atoms with Gasteiger partial charge >= 0.3 is 0 Å². The Labute approximate surface area is 151 Å². The molecule has 6 heteroatoms. The molecule has 0 spiro atoms. The van der Waals surface area contributed by atoms with Gasteiger partial charge in [0.15, 0.2) is 0 Å². The third-order valence-corrected chi connectivity index (χ3v) is 4.09. The van der Waals surface area contributed by atoms with Gasteiger partial charge in [0.05, 0.1) is 0 Å². The molecule has 2 aromatic carbocycles. The number of hydrogen-bond acceptors (Lipinski definition) is 4. The summed E-state index contributed by atoms with van der Waals surface area (Å²) in [7, 11) is 0. The fourth-order valence-corrected chi connectivity index (χ4v) is 2.63. The van der Waals surface area contributed by atoms with Crippen LogP contribution in [0.1, 0.15) is 6.42 Å². The quantitative estimate of drug-likeness (QED) is 0.636. The first-order valence-electron chi connectivity index (χ1n) is 8.17. The highest BCUT2D eigenvalue weighted by Gasteiger charge is 2.35. The molecule has 2 amide bonds. The van der Waals surface area contributed by atoms with Gasteiger partial charge in [0.1, 0.15) is 5.54 Å². The Hall–Kier alpha value is -3.38. The average Bonchev–Trinajstić information content (AvgIpc) is 2.64. The molecule has 0 saturated heterocycles. The molecule has 0 bridgehead atoms. The lowest BCUT2D eigenvalue weighted by molar-refractivity contribution is -0.119. The lowest BCUT2D eigenvalue weighted by Crippen LogP contribution is -2.51. The Balaban J connectivity index is 1.68. The maximum absolute atomic E-state index is 12.6. The number of benzene rings is 2. The van der Waals surface area contributed by atoms with Crippen molar-refractivity contribution in [3.63, 3.8) is 0 Å². The van der Waals surface area contributed by atoms with Crippen molar-refractivity contribution in [3.8, 4) is 0 Å². The molecule has 1 aliphatic carbocycles. The van der Waals surface area contributed by atoms with Gasteiger partial charge in [-0.15, -0.1) is 0 Å². The van der Waals surface area contributed by atoms with Gasteiger partial charge in [-0.2, -0.15) is 0 Å². The molecule has 0 aromatic heterocycles. The first-order valence-corrected chi connectivity index (χ1v) is 8.17. The molecule has 6 N–H and O–H groups in total. The van der Waals surface area contributed by atoms with E-state index in [2.05, 4.69) is 10.6 Å². The van der Waals surface area contributed by atoms with E-state index in [0.717, 1.165) is 0 Å². The summed E-state index contributed by atoms with van der Waals surface area (Å²) in [4.78, 5) is 25.1. The van der Waals surface area contributed by atoms with Crippen LogP contribution in [0.5, 0.6) is 0 Å². The van der Waals surface area contributed by atoms with Crippen LogP contribution in [0.4, 0.5) is 17.1 Å². The number of carbonyl (C=O) groups is 2. The molecule has 1 atom stereocenters. The summed E-state index contributed by atoms with van der Waals surface area (Å²) >= 11 is 0. The van der Waals surface area contributed by atoms with Gasteiger partial charge < -0.3 is 22.1 Å². The lowest BCUT2D eigenvalue weighted by atomic mass is 9.86. The van der Waals surface area contributed by atoms with E-state index in [9.17, 15) is 9.59 Å². The van der Waals surface area contributed by atoms with Crippen molar-refractivity contribution in [1.29, 1.82) is 0 Å². The predicted molar refractivity (Wildman–Crippen MR) is 103 cm³/mol. The van der Waals surface area contributed by atoms with Gasteiger partial charge in [0.25, 0.3) is 5.91 Å². The predicted octanol–water partition coefficient (Wildman–Crippen LogP) is 2.43. The van der Waals surface area contributed by atoms with E-state index in [0.29, 0.717) is 22.6 Å². The molecule has 6 nitrogen and oxygen atoms in total. The summed E-state index contributed by atoms with van der Waals surface area (Å²) < 4.78 is 0. The fourth-order valence-electron chi connectivity index (χ4n) is 2.63. The number of amides is 2. The zero-order valence-corrected chi connectivity index (χ0v) is 14.1. The molecule has 26 heavy (non-hydrogen) atoms. The minimum atomic E-state index is -1.29. The molecule has 3 rings (SSSR count). The number of para-hydroxylation sites is 1. The van der Waals surface area contributed by atoms with Gasteiger partial charge in [-0.05, 0) is 36.4 Å². The fraction of sp³-hybridized carbons (Fsp3) is 0.100. The van der Waals surface area contributed by atoms with Crippen molar-refractivity contribution in [2.45, 2.75) is 12.0 Å². The first kappa shape index (κ1) is 17.4. The van der Waals surface area contributed by atoms with Gasteiger partial charge in [-0.25, -0.2) is 0 Å². The molecule has 0 saturated carbocycles. The number of allylic oxidation sites excluding steroid dienone is 2. The molecule has 0 radical (unpaired) electrons.